The Bertz CT molecular complexity index is 792. The molecule has 6 nitrogen and oxygen atoms in total. The van der Waals surface area contributed by atoms with E-state index >= 15 is 0 Å². The Hall–Kier alpha value is -2.12. The van der Waals surface area contributed by atoms with Crippen molar-refractivity contribution in [2.75, 3.05) is 13.1 Å². The van der Waals surface area contributed by atoms with E-state index in [-0.39, 0.29) is 17.2 Å². The molecule has 1 aliphatic heterocycles. The third kappa shape index (κ3) is 4.49. The number of carbonyl (C=O) groups excluding carboxylic acids is 1. The van der Waals surface area contributed by atoms with E-state index in [0.717, 1.165) is 24.8 Å². The molecule has 1 fully saturated rings. The van der Waals surface area contributed by atoms with Crippen LogP contribution in [0.1, 0.15) is 30.6 Å². The molecule has 0 atom stereocenters. The van der Waals surface area contributed by atoms with Crippen molar-refractivity contribution < 1.29 is 17.6 Å². The van der Waals surface area contributed by atoms with E-state index in [2.05, 4.69) is 5.32 Å². The maximum atomic E-state index is 12.6. The number of carbonyl (C=O) groups is 1. The van der Waals surface area contributed by atoms with Crippen molar-refractivity contribution in [3.8, 4) is 0 Å². The standard InChI is InChI=1S/C18H22N2O4S/c21-18(19-14-16-5-4-12-24-16)13-15-6-8-17(9-7-15)25(22,23)20-10-2-1-3-11-20/h4-9,12H,1-3,10-11,13-14H2,(H,19,21). The van der Waals surface area contributed by atoms with Gasteiger partial charge in [0.1, 0.15) is 5.76 Å². The molecule has 1 aromatic carbocycles. The summed E-state index contributed by atoms with van der Waals surface area (Å²) >= 11 is 0. The third-order valence-electron chi connectivity index (χ3n) is 4.28. The first-order valence-electron chi connectivity index (χ1n) is 8.44. The first-order chi connectivity index (χ1) is 12.1. The summed E-state index contributed by atoms with van der Waals surface area (Å²) in [5.74, 6) is 0.555. The summed E-state index contributed by atoms with van der Waals surface area (Å²) < 4.78 is 31.9. The monoisotopic (exact) mass is 362 g/mol. The van der Waals surface area contributed by atoms with Crippen LogP contribution in [0, 0.1) is 0 Å². The Morgan fingerprint density at radius 1 is 1.08 bits per heavy atom. The first kappa shape index (κ1) is 17.7. The molecular formula is C18H22N2O4S. The lowest BCUT2D eigenvalue weighted by atomic mass is 10.1. The molecule has 25 heavy (non-hydrogen) atoms. The molecule has 0 spiro atoms. The molecule has 7 heteroatoms. The van der Waals surface area contributed by atoms with Crippen LogP contribution in [-0.4, -0.2) is 31.7 Å². The maximum Gasteiger partial charge on any atom is 0.243 e. The van der Waals surface area contributed by atoms with Crippen molar-refractivity contribution in [3.63, 3.8) is 0 Å². The van der Waals surface area contributed by atoms with Gasteiger partial charge in [0.05, 0.1) is 24.1 Å². The molecule has 0 unspecified atom stereocenters. The zero-order chi connectivity index (χ0) is 17.7. The summed E-state index contributed by atoms with van der Waals surface area (Å²) in [6, 6.07) is 10.1. The van der Waals surface area contributed by atoms with E-state index in [1.54, 1.807) is 47.0 Å². The second kappa shape index (κ2) is 7.84. The van der Waals surface area contributed by atoms with Crippen LogP contribution in [0.25, 0.3) is 0 Å². The SMILES string of the molecule is O=C(Cc1ccc(S(=O)(=O)N2CCCCC2)cc1)NCc1ccco1. The van der Waals surface area contributed by atoms with Gasteiger partial charge in [0, 0.05) is 13.1 Å². The normalized spacial score (nSPS) is 15.8. The number of sulfonamides is 1. The van der Waals surface area contributed by atoms with E-state index in [0.29, 0.717) is 25.4 Å². The van der Waals surface area contributed by atoms with Crippen molar-refractivity contribution in [1.29, 1.82) is 0 Å². The lowest BCUT2D eigenvalue weighted by Gasteiger charge is -2.25. The fraction of sp³-hybridized carbons (Fsp3) is 0.389. The quantitative estimate of drug-likeness (QED) is 0.855. The van der Waals surface area contributed by atoms with Crippen molar-refractivity contribution >= 4 is 15.9 Å². The highest BCUT2D eigenvalue weighted by Crippen LogP contribution is 2.21. The molecule has 134 valence electrons. The molecule has 0 saturated carbocycles. The van der Waals surface area contributed by atoms with Gasteiger partial charge in [0.2, 0.25) is 15.9 Å². The van der Waals surface area contributed by atoms with E-state index in [9.17, 15) is 13.2 Å². The zero-order valence-corrected chi connectivity index (χ0v) is 14.8. The number of amides is 1. The number of benzene rings is 1. The molecule has 0 radical (unpaired) electrons. The van der Waals surface area contributed by atoms with Crippen LogP contribution in [0.15, 0.2) is 52.0 Å². The lowest BCUT2D eigenvalue weighted by Crippen LogP contribution is -2.35. The van der Waals surface area contributed by atoms with Gasteiger partial charge in [-0.3, -0.25) is 4.79 Å². The second-order valence-corrected chi connectivity index (χ2v) is 8.08. The average molecular weight is 362 g/mol. The highest BCUT2D eigenvalue weighted by atomic mass is 32.2. The Kier molecular flexibility index (Phi) is 5.55. The molecular weight excluding hydrogens is 340 g/mol. The van der Waals surface area contributed by atoms with Gasteiger partial charge in [-0.05, 0) is 42.7 Å². The van der Waals surface area contributed by atoms with Crippen LogP contribution in [-0.2, 0) is 27.8 Å². The van der Waals surface area contributed by atoms with Crippen LogP contribution in [0.2, 0.25) is 0 Å². The summed E-state index contributed by atoms with van der Waals surface area (Å²) in [6.07, 6.45) is 4.66. The fourth-order valence-electron chi connectivity index (χ4n) is 2.88. The molecule has 2 aromatic rings. The summed E-state index contributed by atoms with van der Waals surface area (Å²) in [5.41, 5.74) is 0.773. The van der Waals surface area contributed by atoms with Crippen molar-refractivity contribution in [3.05, 3.63) is 54.0 Å². The summed E-state index contributed by atoms with van der Waals surface area (Å²) in [7, 11) is -3.43. The summed E-state index contributed by atoms with van der Waals surface area (Å²) in [6.45, 7) is 1.51. The topological polar surface area (TPSA) is 79.6 Å². The Balaban J connectivity index is 1.58. The number of rotatable bonds is 6. The van der Waals surface area contributed by atoms with Gasteiger partial charge >= 0.3 is 0 Å². The zero-order valence-electron chi connectivity index (χ0n) is 14.0. The molecule has 1 aromatic heterocycles. The maximum absolute atomic E-state index is 12.6. The van der Waals surface area contributed by atoms with Gasteiger partial charge < -0.3 is 9.73 Å². The molecule has 0 bridgehead atoms. The highest BCUT2D eigenvalue weighted by molar-refractivity contribution is 7.89. The van der Waals surface area contributed by atoms with Crippen molar-refractivity contribution in [1.82, 2.24) is 9.62 Å². The average Bonchev–Trinajstić information content (AvgIpc) is 3.15. The first-order valence-corrected chi connectivity index (χ1v) is 9.88. The lowest BCUT2D eigenvalue weighted by molar-refractivity contribution is -0.120. The predicted octanol–water partition coefficient (Wildman–Crippen LogP) is 2.31. The van der Waals surface area contributed by atoms with Crippen LogP contribution >= 0.6 is 0 Å². The van der Waals surface area contributed by atoms with Gasteiger partial charge in [-0.1, -0.05) is 18.6 Å². The smallest absolute Gasteiger partial charge is 0.243 e. The summed E-state index contributed by atoms with van der Waals surface area (Å²) in [5, 5.41) is 2.77. The van der Waals surface area contributed by atoms with Gasteiger partial charge in [-0.15, -0.1) is 0 Å². The fourth-order valence-corrected chi connectivity index (χ4v) is 4.40. The second-order valence-electron chi connectivity index (χ2n) is 6.14. The minimum Gasteiger partial charge on any atom is -0.467 e. The van der Waals surface area contributed by atoms with E-state index < -0.39 is 10.0 Å². The molecule has 1 N–H and O–H groups in total. The molecule has 1 aliphatic rings. The number of hydrogen-bond acceptors (Lipinski definition) is 4. The van der Waals surface area contributed by atoms with Gasteiger partial charge in [-0.25, -0.2) is 8.42 Å². The summed E-state index contributed by atoms with van der Waals surface area (Å²) in [4.78, 5) is 12.2. The molecule has 3 rings (SSSR count). The van der Waals surface area contributed by atoms with E-state index in [4.69, 9.17) is 4.42 Å². The minimum atomic E-state index is -3.43. The third-order valence-corrected chi connectivity index (χ3v) is 6.19. The van der Waals surface area contributed by atoms with Crippen LogP contribution in [0.3, 0.4) is 0 Å². The van der Waals surface area contributed by atoms with E-state index in [1.807, 2.05) is 0 Å². The van der Waals surface area contributed by atoms with Crippen LogP contribution in [0.4, 0.5) is 0 Å². The highest BCUT2D eigenvalue weighted by Gasteiger charge is 2.25. The molecule has 1 saturated heterocycles. The largest absolute Gasteiger partial charge is 0.467 e. The van der Waals surface area contributed by atoms with Gasteiger partial charge in [0.15, 0.2) is 0 Å². The Morgan fingerprint density at radius 3 is 2.44 bits per heavy atom. The van der Waals surface area contributed by atoms with Crippen LogP contribution in [0.5, 0.6) is 0 Å². The van der Waals surface area contributed by atoms with E-state index in [1.165, 1.54) is 0 Å². The number of hydrogen-bond donors (Lipinski definition) is 1. The Morgan fingerprint density at radius 2 is 1.80 bits per heavy atom. The van der Waals surface area contributed by atoms with Crippen LogP contribution < -0.4 is 5.32 Å². The number of furan rings is 1. The Labute approximate surface area is 147 Å². The number of nitrogens with zero attached hydrogens (tertiary/aromatic N) is 1. The van der Waals surface area contributed by atoms with Crippen molar-refractivity contribution in [2.24, 2.45) is 0 Å². The predicted molar refractivity (Wildman–Crippen MR) is 93.3 cm³/mol. The van der Waals surface area contributed by atoms with Gasteiger partial charge in [0.25, 0.3) is 0 Å². The molecule has 2 heterocycles. The minimum absolute atomic E-state index is 0.136. The molecule has 1 amide bonds. The number of nitrogens with one attached hydrogen (secondary N) is 1. The number of piperidine rings is 1. The van der Waals surface area contributed by atoms with Crippen molar-refractivity contribution in [2.45, 2.75) is 37.1 Å². The molecule has 0 aliphatic carbocycles. The van der Waals surface area contributed by atoms with Gasteiger partial charge in [-0.2, -0.15) is 4.31 Å².